The first-order chi connectivity index (χ1) is 8.77. The molecule has 0 aromatic heterocycles. The van der Waals surface area contributed by atoms with Crippen molar-refractivity contribution in [1.82, 2.24) is 0 Å². The molecule has 0 heterocycles. The molecule has 0 aliphatic carbocycles. The summed E-state index contributed by atoms with van der Waals surface area (Å²) in [5.74, 6) is 0. The Hall–Kier alpha value is -1.48. The fourth-order valence-corrected chi connectivity index (χ4v) is 2.35. The van der Waals surface area contributed by atoms with Crippen molar-refractivity contribution < 1.29 is 13.2 Å². The van der Waals surface area contributed by atoms with Gasteiger partial charge in [0, 0.05) is 10.6 Å². The maximum absolute atomic E-state index is 12.6. The van der Waals surface area contributed by atoms with Crippen molar-refractivity contribution in [2.75, 3.05) is 0 Å². The van der Waals surface area contributed by atoms with E-state index in [1.165, 1.54) is 6.07 Å². The lowest BCUT2D eigenvalue weighted by Crippen LogP contribution is -2.04. The van der Waals surface area contributed by atoms with Crippen LogP contribution in [0.1, 0.15) is 16.7 Å². The molecular weight excluding hydrogens is 273 g/mol. The van der Waals surface area contributed by atoms with E-state index in [1.54, 1.807) is 0 Å². The van der Waals surface area contributed by atoms with Crippen molar-refractivity contribution in [1.29, 1.82) is 0 Å². The van der Waals surface area contributed by atoms with Crippen molar-refractivity contribution >= 4 is 11.6 Å². The predicted molar refractivity (Wildman–Crippen MR) is 71.4 cm³/mol. The second-order valence-electron chi connectivity index (χ2n) is 4.57. The summed E-state index contributed by atoms with van der Waals surface area (Å²) in [5.41, 5.74) is 2.81. The van der Waals surface area contributed by atoms with Gasteiger partial charge in [-0.3, -0.25) is 0 Å². The van der Waals surface area contributed by atoms with E-state index in [1.807, 2.05) is 32.0 Å². The van der Waals surface area contributed by atoms with Crippen LogP contribution < -0.4 is 0 Å². The van der Waals surface area contributed by atoms with Gasteiger partial charge in [-0.15, -0.1) is 0 Å². The molecule has 0 N–H and O–H groups in total. The van der Waals surface area contributed by atoms with Crippen molar-refractivity contribution in [2.45, 2.75) is 20.0 Å². The molecule has 0 amide bonds. The van der Waals surface area contributed by atoms with Crippen LogP contribution in [0, 0.1) is 13.8 Å². The highest BCUT2D eigenvalue weighted by Gasteiger charge is 2.30. The summed E-state index contributed by atoms with van der Waals surface area (Å²) >= 11 is 5.97. The Kier molecular flexibility index (Phi) is 3.59. The first-order valence-electron chi connectivity index (χ1n) is 5.73. The summed E-state index contributed by atoms with van der Waals surface area (Å²) in [5, 5.41) is 0.111. The van der Waals surface area contributed by atoms with Gasteiger partial charge in [0.05, 0.1) is 5.56 Å². The Labute approximate surface area is 114 Å². The topological polar surface area (TPSA) is 0 Å². The zero-order valence-corrected chi connectivity index (χ0v) is 11.2. The van der Waals surface area contributed by atoms with E-state index >= 15 is 0 Å². The van der Waals surface area contributed by atoms with Crippen molar-refractivity contribution in [3.63, 3.8) is 0 Å². The van der Waals surface area contributed by atoms with Crippen LogP contribution in [-0.2, 0) is 6.18 Å². The molecule has 0 nitrogen and oxygen atoms in total. The minimum absolute atomic E-state index is 0.111. The largest absolute Gasteiger partial charge is 0.416 e. The SMILES string of the molecule is Cc1cc(C)cc(-c2ccc(C(F)(F)F)cc2Cl)c1. The van der Waals surface area contributed by atoms with E-state index in [2.05, 4.69) is 0 Å². The first-order valence-corrected chi connectivity index (χ1v) is 6.10. The molecule has 2 aromatic rings. The van der Waals surface area contributed by atoms with E-state index in [4.69, 9.17) is 11.6 Å². The molecule has 2 aromatic carbocycles. The van der Waals surface area contributed by atoms with Crippen LogP contribution in [0.25, 0.3) is 11.1 Å². The van der Waals surface area contributed by atoms with Crippen LogP contribution in [0.3, 0.4) is 0 Å². The highest BCUT2D eigenvalue weighted by Crippen LogP contribution is 2.36. The lowest BCUT2D eigenvalue weighted by molar-refractivity contribution is -0.137. The van der Waals surface area contributed by atoms with E-state index in [9.17, 15) is 13.2 Å². The number of aryl methyl sites for hydroxylation is 2. The van der Waals surface area contributed by atoms with Crippen LogP contribution in [-0.4, -0.2) is 0 Å². The number of halogens is 4. The summed E-state index contributed by atoms with van der Waals surface area (Å²) in [6.07, 6.45) is -4.37. The maximum atomic E-state index is 12.6. The van der Waals surface area contributed by atoms with Crippen LogP contribution in [0.15, 0.2) is 36.4 Å². The number of hydrogen-bond acceptors (Lipinski definition) is 0. The standard InChI is InChI=1S/C15H12ClF3/c1-9-5-10(2)7-11(6-9)13-4-3-12(8-14(13)16)15(17,18)19/h3-8H,1-2H3. The number of rotatable bonds is 1. The molecule has 2 rings (SSSR count). The maximum Gasteiger partial charge on any atom is 0.416 e. The second-order valence-corrected chi connectivity index (χ2v) is 4.98. The molecule has 0 spiro atoms. The van der Waals surface area contributed by atoms with E-state index in [0.717, 1.165) is 28.8 Å². The molecule has 19 heavy (non-hydrogen) atoms. The molecule has 0 saturated heterocycles. The molecule has 0 atom stereocenters. The fourth-order valence-electron chi connectivity index (χ4n) is 2.06. The van der Waals surface area contributed by atoms with E-state index in [0.29, 0.717) is 5.56 Å². The molecular formula is C15H12ClF3. The minimum Gasteiger partial charge on any atom is -0.166 e. The zero-order valence-electron chi connectivity index (χ0n) is 10.5. The highest BCUT2D eigenvalue weighted by atomic mass is 35.5. The van der Waals surface area contributed by atoms with Gasteiger partial charge in [-0.2, -0.15) is 13.2 Å². The van der Waals surface area contributed by atoms with Crippen molar-refractivity contribution in [2.24, 2.45) is 0 Å². The normalized spacial score (nSPS) is 11.7. The molecule has 0 unspecified atom stereocenters. The molecule has 0 radical (unpaired) electrons. The average Bonchev–Trinajstić information content (AvgIpc) is 2.26. The third-order valence-corrected chi connectivity index (χ3v) is 3.14. The molecule has 0 bridgehead atoms. The van der Waals surface area contributed by atoms with E-state index in [-0.39, 0.29) is 5.02 Å². The van der Waals surface area contributed by atoms with Crippen LogP contribution in [0.4, 0.5) is 13.2 Å². The Bertz CT molecular complexity index is 595. The minimum atomic E-state index is -4.37. The average molecular weight is 285 g/mol. The van der Waals surface area contributed by atoms with Crippen LogP contribution in [0.5, 0.6) is 0 Å². The fraction of sp³-hybridized carbons (Fsp3) is 0.200. The number of benzene rings is 2. The molecule has 100 valence electrons. The quantitative estimate of drug-likeness (QED) is 0.635. The van der Waals surface area contributed by atoms with Crippen LogP contribution >= 0.6 is 11.6 Å². The van der Waals surface area contributed by atoms with E-state index < -0.39 is 11.7 Å². The predicted octanol–water partition coefficient (Wildman–Crippen LogP) is 5.64. The molecule has 0 aliphatic rings. The molecule has 0 fully saturated rings. The van der Waals surface area contributed by atoms with Crippen molar-refractivity contribution in [3.05, 3.63) is 58.1 Å². The van der Waals surface area contributed by atoms with Gasteiger partial charge in [0.1, 0.15) is 0 Å². The summed E-state index contributed by atoms with van der Waals surface area (Å²) in [7, 11) is 0. The highest BCUT2D eigenvalue weighted by molar-refractivity contribution is 6.33. The second kappa shape index (κ2) is 4.89. The van der Waals surface area contributed by atoms with Gasteiger partial charge in [-0.1, -0.05) is 47.0 Å². The molecule has 4 heteroatoms. The van der Waals surface area contributed by atoms with Gasteiger partial charge in [0.15, 0.2) is 0 Å². The first kappa shape index (κ1) is 13.9. The summed E-state index contributed by atoms with van der Waals surface area (Å²) in [4.78, 5) is 0. The number of hydrogen-bond donors (Lipinski definition) is 0. The summed E-state index contributed by atoms with van der Waals surface area (Å²) in [6.45, 7) is 3.88. The Morgan fingerprint density at radius 2 is 1.47 bits per heavy atom. The van der Waals surface area contributed by atoms with Crippen molar-refractivity contribution in [3.8, 4) is 11.1 Å². The van der Waals surface area contributed by atoms with Gasteiger partial charge in [0.2, 0.25) is 0 Å². The Morgan fingerprint density at radius 3 is 1.95 bits per heavy atom. The third kappa shape index (κ3) is 3.10. The molecule has 0 aliphatic heterocycles. The van der Waals surface area contributed by atoms with Gasteiger partial charge in [-0.05, 0) is 31.5 Å². The Morgan fingerprint density at radius 1 is 0.895 bits per heavy atom. The number of alkyl halides is 3. The van der Waals surface area contributed by atoms with Gasteiger partial charge in [0.25, 0.3) is 0 Å². The van der Waals surface area contributed by atoms with Gasteiger partial charge < -0.3 is 0 Å². The third-order valence-electron chi connectivity index (χ3n) is 2.83. The lowest BCUT2D eigenvalue weighted by atomic mass is 9.99. The smallest absolute Gasteiger partial charge is 0.166 e. The van der Waals surface area contributed by atoms with Crippen LogP contribution in [0.2, 0.25) is 5.02 Å². The van der Waals surface area contributed by atoms with Gasteiger partial charge in [-0.25, -0.2) is 0 Å². The summed E-state index contributed by atoms with van der Waals surface area (Å²) < 4.78 is 37.7. The monoisotopic (exact) mass is 284 g/mol. The lowest BCUT2D eigenvalue weighted by Gasteiger charge is -2.11. The zero-order chi connectivity index (χ0) is 14.2. The Balaban J connectivity index is 2.52. The molecule has 0 saturated carbocycles. The summed E-state index contributed by atoms with van der Waals surface area (Å²) in [6, 6.07) is 9.25. The van der Waals surface area contributed by atoms with Gasteiger partial charge >= 0.3 is 6.18 Å².